The minimum atomic E-state index is -0.00356. The maximum atomic E-state index is 12.1. The van der Waals surface area contributed by atoms with Gasteiger partial charge in [0.25, 0.3) is 5.91 Å². The fourth-order valence-corrected chi connectivity index (χ4v) is 2.75. The minimum absolute atomic E-state index is 0.00356. The van der Waals surface area contributed by atoms with Crippen LogP contribution in [-0.2, 0) is 7.05 Å². The predicted molar refractivity (Wildman–Crippen MR) is 70.5 cm³/mol. The summed E-state index contributed by atoms with van der Waals surface area (Å²) in [4.78, 5) is 16.5. The van der Waals surface area contributed by atoms with Crippen molar-refractivity contribution in [2.45, 2.75) is 18.9 Å². The second kappa shape index (κ2) is 4.57. The number of amides is 1. The van der Waals surface area contributed by atoms with E-state index in [-0.39, 0.29) is 11.9 Å². The molecule has 1 fully saturated rings. The van der Waals surface area contributed by atoms with Gasteiger partial charge in [-0.2, -0.15) is 11.3 Å². The first-order chi connectivity index (χ1) is 8.75. The topological polar surface area (TPSA) is 46.9 Å². The molecule has 1 amide bonds. The van der Waals surface area contributed by atoms with Crippen molar-refractivity contribution in [1.82, 2.24) is 14.9 Å². The molecule has 0 radical (unpaired) electrons. The van der Waals surface area contributed by atoms with Gasteiger partial charge in [-0.05, 0) is 30.2 Å². The zero-order chi connectivity index (χ0) is 12.5. The number of thiophene rings is 1. The Balaban J connectivity index is 1.79. The number of aryl methyl sites for hydroxylation is 1. The SMILES string of the molecule is Cn1ccnc1[C@H](NC(=O)c1ccsc1)C1CC1. The van der Waals surface area contributed by atoms with Crippen molar-refractivity contribution in [2.75, 3.05) is 0 Å². The second-order valence-corrected chi connectivity index (χ2v) is 5.48. The Labute approximate surface area is 110 Å². The standard InChI is InChI=1S/C13H15N3OS/c1-16-6-5-14-12(16)11(9-2-3-9)15-13(17)10-4-7-18-8-10/h4-9,11H,2-3H2,1H3,(H,15,17)/t11-/m1/s1. The van der Waals surface area contributed by atoms with Crippen molar-refractivity contribution in [3.8, 4) is 0 Å². The van der Waals surface area contributed by atoms with E-state index in [2.05, 4.69) is 10.3 Å². The smallest absolute Gasteiger partial charge is 0.252 e. The van der Waals surface area contributed by atoms with Crippen LogP contribution in [0.4, 0.5) is 0 Å². The molecule has 2 heterocycles. The van der Waals surface area contributed by atoms with Gasteiger partial charge in [0.2, 0.25) is 0 Å². The molecule has 1 aliphatic carbocycles. The van der Waals surface area contributed by atoms with E-state index >= 15 is 0 Å². The zero-order valence-electron chi connectivity index (χ0n) is 10.2. The van der Waals surface area contributed by atoms with Crippen molar-refractivity contribution < 1.29 is 4.79 Å². The first-order valence-corrected chi connectivity index (χ1v) is 7.00. The molecule has 1 atom stereocenters. The van der Waals surface area contributed by atoms with Gasteiger partial charge in [-0.25, -0.2) is 4.98 Å². The molecule has 0 aliphatic heterocycles. The molecule has 0 aromatic carbocycles. The molecule has 18 heavy (non-hydrogen) atoms. The summed E-state index contributed by atoms with van der Waals surface area (Å²) < 4.78 is 1.98. The summed E-state index contributed by atoms with van der Waals surface area (Å²) in [7, 11) is 1.97. The molecule has 2 aromatic rings. The highest BCUT2D eigenvalue weighted by Gasteiger charge is 2.35. The van der Waals surface area contributed by atoms with Crippen molar-refractivity contribution in [2.24, 2.45) is 13.0 Å². The summed E-state index contributed by atoms with van der Waals surface area (Å²) in [6.45, 7) is 0. The van der Waals surface area contributed by atoms with Gasteiger partial charge < -0.3 is 9.88 Å². The van der Waals surface area contributed by atoms with Gasteiger partial charge in [0, 0.05) is 24.8 Å². The van der Waals surface area contributed by atoms with E-state index in [1.165, 1.54) is 24.2 Å². The Morgan fingerprint density at radius 3 is 3.00 bits per heavy atom. The summed E-state index contributed by atoms with van der Waals surface area (Å²) in [6, 6.07) is 1.89. The van der Waals surface area contributed by atoms with Crippen molar-refractivity contribution in [3.63, 3.8) is 0 Å². The third-order valence-electron chi connectivity index (χ3n) is 3.30. The number of carbonyl (C=O) groups excluding carboxylic acids is 1. The Morgan fingerprint density at radius 1 is 1.61 bits per heavy atom. The Bertz CT molecular complexity index is 542. The van der Waals surface area contributed by atoms with Crippen LogP contribution in [0.1, 0.15) is 35.1 Å². The van der Waals surface area contributed by atoms with Crippen LogP contribution in [0.2, 0.25) is 0 Å². The van der Waals surface area contributed by atoms with Crippen LogP contribution in [0.5, 0.6) is 0 Å². The highest BCUT2D eigenvalue weighted by Crippen LogP contribution is 2.40. The maximum Gasteiger partial charge on any atom is 0.252 e. The molecule has 0 bridgehead atoms. The molecule has 0 spiro atoms. The maximum absolute atomic E-state index is 12.1. The number of imidazole rings is 1. The molecule has 1 saturated carbocycles. The Hall–Kier alpha value is -1.62. The summed E-state index contributed by atoms with van der Waals surface area (Å²) >= 11 is 1.54. The third kappa shape index (κ3) is 2.18. The Kier molecular flexibility index (Phi) is 2.91. The molecule has 5 heteroatoms. The van der Waals surface area contributed by atoms with E-state index in [0.29, 0.717) is 5.92 Å². The number of nitrogens with zero attached hydrogens (tertiary/aromatic N) is 2. The third-order valence-corrected chi connectivity index (χ3v) is 3.98. The fourth-order valence-electron chi connectivity index (χ4n) is 2.12. The van der Waals surface area contributed by atoms with Gasteiger partial charge in [-0.15, -0.1) is 0 Å². The number of aromatic nitrogens is 2. The normalized spacial score (nSPS) is 16.5. The first kappa shape index (κ1) is 11.5. The second-order valence-electron chi connectivity index (χ2n) is 4.70. The van der Waals surface area contributed by atoms with E-state index in [0.717, 1.165) is 11.4 Å². The van der Waals surface area contributed by atoms with E-state index < -0.39 is 0 Å². The molecule has 2 aromatic heterocycles. The molecule has 1 aliphatic rings. The van der Waals surface area contributed by atoms with Crippen LogP contribution in [0.15, 0.2) is 29.2 Å². The van der Waals surface area contributed by atoms with Crippen molar-refractivity contribution >= 4 is 17.2 Å². The van der Waals surface area contributed by atoms with Gasteiger partial charge in [0.1, 0.15) is 5.82 Å². The van der Waals surface area contributed by atoms with Crippen LogP contribution < -0.4 is 5.32 Å². The monoisotopic (exact) mass is 261 g/mol. The summed E-state index contributed by atoms with van der Waals surface area (Å²) in [5.74, 6) is 1.48. The van der Waals surface area contributed by atoms with E-state index in [1.54, 1.807) is 6.20 Å². The van der Waals surface area contributed by atoms with Gasteiger partial charge in [0.15, 0.2) is 0 Å². The number of hydrogen-bond donors (Lipinski definition) is 1. The van der Waals surface area contributed by atoms with Crippen molar-refractivity contribution in [1.29, 1.82) is 0 Å². The molecule has 1 N–H and O–H groups in total. The van der Waals surface area contributed by atoms with Crippen LogP contribution >= 0.6 is 11.3 Å². The largest absolute Gasteiger partial charge is 0.342 e. The summed E-state index contributed by atoms with van der Waals surface area (Å²) in [6.07, 6.45) is 6.03. The van der Waals surface area contributed by atoms with Crippen molar-refractivity contribution in [3.05, 3.63) is 40.6 Å². The summed E-state index contributed by atoms with van der Waals surface area (Å²) in [5.41, 5.74) is 0.736. The lowest BCUT2D eigenvalue weighted by Gasteiger charge is -2.17. The molecule has 94 valence electrons. The highest BCUT2D eigenvalue weighted by atomic mass is 32.1. The number of rotatable bonds is 4. The fraction of sp³-hybridized carbons (Fsp3) is 0.385. The predicted octanol–water partition coefficient (Wildman–Crippen LogP) is 2.36. The highest BCUT2D eigenvalue weighted by molar-refractivity contribution is 7.08. The number of carbonyl (C=O) groups is 1. The molecule has 0 saturated heterocycles. The van der Waals surface area contributed by atoms with Crippen LogP contribution in [0.25, 0.3) is 0 Å². The molecular weight excluding hydrogens is 246 g/mol. The van der Waals surface area contributed by atoms with Crippen LogP contribution in [0, 0.1) is 5.92 Å². The van der Waals surface area contributed by atoms with E-state index in [9.17, 15) is 4.79 Å². The lowest BCUT2D eigenvalue weighted by molar-refractivity contribution is 0.0929. The number of nitrogens with one attached hydrogen (secondary N) is 1. The lowest BCUT2D eigenvalue weighted by Crippen LogP contribution is -2.31. The van der Waals surface area contributed by atoms with Gasteiger partial charge in [-0.3, -0.25) is 4.79 Å². The quantitative estimate of drug-likeness (QED) is 0.918. The first-order valence-electron chi connectivity index (χ1n) is 6.06. The van der Waals surface area contributed by atoms with Gasteiger partial charge in [0.05, 0.1) is 11.6 Å². The summed E-state index contributed by atoms with van der Waals surface area (Å²) in [5, 5.41) is 6.90. The van der Waals surface area contributed by atoms with E-state index in [4.69, 9.17) is 0 Å². The lowest BCUT2D eigenvalue weighted by atomic mass is 10.1. The molecule has 3 rings (SSSR count). The zero-order valence-corrected chi connectivity index (χ0v) is 11.0. The van der Waals surface area contributed by atoms with Crippen LogP contribution in [0.3, 0.4) is 0 Å². The Morgan fingerprint density at radius 2 is 2.44 bits per heavy atom. The average molecular weight is 261 g/mol. The molecular formula is C13H15N3OS. The van der Waals surface area contributed by atoms with Gasteiger partial charge >= 0.3 is 0 Å². The van der Waals surface area contributed by atoms with Gasteiger partial charge in [-0.1, -0.05) is 0 Å². The molecule has 4 nitrogen and oxygen atoms in total. The average Bonchev–Trinajstić information content (AvgIpc) is 2.88. The number of hydrogen-bond acceptors (Lipinski definition) is 3. The minimum Gasteiger partial charge on any atom is -0.342 e. The van der Waals surface area contributed by atoms with E-state index in [1.807, 2.05) is 34.6 Å². The molecule has 0 unspecified atom stereocenters. The van der Waals surface area contributed by atoms with Crippen LogP contribution in [-0.4, -0.2) is 15.5 Å².